The molecule has 6 nitrogen and oxygen atoms in total. The monoisotopic (exact) mass is 369 g/mol. The number of sulfone groups is 1. The number of carboxylic acids is 1. The fourth-order valence-corrected chi connectivity index (χ4v) is 3.54. The third-order valence-electron chi connectivity index (χ3n) is 4.55. The molecule has 0 atom stereocenters. The van der Waals surface area contributed by atoms with Crippen molar-refractivity contribution in [2.24, 2.45) is 0 Å². The highest BCUT2D eigenvalue weighted by atomic mass is 32.2. The highest BCUT2D eigenvalue weighted by Crippen LogP contribution is 2.20. The second kappa shape index (κ2) is 8.99. The number of carbonyl (C=O) groups excluding carboxylic acids is 1. The van der Waals surface area contributed by atoms with Gasteiger partial charge >= 0.3 is 5.97 Å². The van der Waals surface area contributed by atoms with Crippen LogP contribution in [0.5, 0.6) is 0 Å². The van der Waals surface area contributed by atoms with Crippen LogP contribution in [0.1, 0.15) is 52.0 Å². The minimum atomic E-state index is -3.22. The molecule has 0 fully saturated rings. The maximum atomic E-state index is 12.2. The van der Waals surface area contributed by atoms with Gasteiger partial charge in [0.1, 0.15) is 0 Å². The molecule has 1 amide bonds. The third-order valence-corrected chi connectivity index (χ3v) is 6.30. The predicted octanol–water partition coefficient (Wildman–Crippen LogP) is 2.56. The van der Waals surface area contributed by atoms with E-state index in [0.29, 0.717) is 19.3 Å². The van der Waals surface area contributed by atoms with Crippen molar-refractivity contribution in [3.05, 3.63) is 29.8 Å². The minimum absolute atomic E-state index is 0.0500. The number of aliphatic carboxylic acids is 1. The van der Waals surface area contributed by atoms with Gasteiger partial charge in [-0.25, -0.2) is 8.42 Å². The first kappa shape index (κ1) is 21.2. The summed E-state index contributed by atoms with van der Waals surface area (Å²) < 4.78 is 23.6. The van der Waals surface area contributed by atoms with Gasteiger partial charge in [-0.05, 0) is 37.0 Å². The Kier molecular flexibility index (Phi) is 7.60. The zero-order valence-electron chi connectivity index (χ0n) is 15.0. The van der Waals surface area contributed by atoms with Crippen molar-refractivity contribution < 1.29 is 23.1 Å². The molecule has 140 valence electrons. The van der Waals surface area contributed by atoms with Crippen molar-refractivity contribution >= 4 is 21.7 Å². The third kappa shape index (κ3) is 6.16. The Morgan fingerprint density at radius 1 is 1.08 bits per heavy atom. The summed E-state index contributed by atoms with van der Waals surface area (Å²) in [6.45, 7) is 5.32. The van der Waals surface area contributed by atoms with Crippen LogP contribution in [-0.2, 0) is 25.8 Å². The lowest BCUT2D eigenvalue weighted by molar-refractivity contribution is -0.139. The van der Waals surface area contributed by atoms with E-state index in [4.69, 9.17) is 5.11 Å². The van der Waals surface area contributed by atoms with Crippen LogP contribution in [0, 0.1) is 0 Å². The van der Waals surface area contributed by atoms with Gasteiger partial charge in [-0.1, -0.05) is 32.9 Å². The molecule has 1 aromatic rings. The van der Waals surface area contributed by atoms with E-state index in [1.54, 1.807) is 31.2 Å². The summed E-state index contributed by atoms with van der Waals surface area (Å²) in [7, 11) is -3.22. The van der Waals surface area contributed by atoms with Gasteiger partial charge in [-0.15, -0.1) is 0 Å². The van der Waals surface area contributed by atoms with Crippen LogP contribution in [0.25, 0.3) is 0 Å². The van der Waals surface area contributed by atoms with Crippen LogP contribution in [-0.4, -0.2) is 36.7 Å². The highest BCUT2D eigenvalue weighted by molar-refractivity contribution is 7.91. The standard InChI is InChI=1S/C18H27NO5S/c1-4-18(5-2,13-17(21)22)19-16(20)12-9-14-7-10-15(11-8-14)25(23,24)6-3/h7-8,10-11H,4-6,9,12-13H2,1-3H3,(H,19,20)(H,21,22). The van der Waals surface area contributed by atoms with Gasteiger partial charge in [0.25, 0.3) is 0 Å². The maximum Gasteiger partial charge on any atom is 0.305 e. The summed E-state index contributed by atoms with van der Waals surface area (Å²) in [6, 6.07) is 6.53. The van der Waals surface area contributed by atoms with Crippen LogP contribution in [0.15, 0.2) is 29.2 Å². The van der Waals surface area contributed by atoms with E-state index in [0.717, 1.165) is 5.56 Å². The van der Waals surface area contributed by atoms with Crippen molar-refractivity contribution in [2.45, 2.75) is 63.3 Å². The summed E-state index contributed by atoms with van der Waals surface area (Å²) in [5.74, 6) is -1.08. The molecule has 0 heterocycles. The molecular formula is C18H27NO5S. The van der Waals surface area contributed by atoms with Crippen LogP contribution in [0.2, 0.25) is 0 Å². The predicted molar refractivity (Wildman–Crippen MR) is 96.2 cm³/mol. The Labute approximate surface area is 149 Å². The smallest absolute Gasteiger partial charge is 0.305 e. The first-order valence-corrected chi connectivity index (χ1v) is 10.2. The zero-order chi connectivity index (χ0) is 19.1. The molecule has 25 heavy (non-hydrogen) atoms. The van der Waals surface area contributed by atoms with Crippen LogP contribution >= 0.6 is 0 Å². The molecule has 1 aromatic carbocycles. The first-order chi connectivity index (χ1) is 11.7. The number of carbonyl (C=O) groups is 2. The molecule has 0 saturated heterocycles. The Bertz CT molecular complexity index is 691. The summed E-state index contributed by atoms with van der Waals surface area (Å²) in [5.41, 5.74) is 0.143. The number of carboxylic acid groups (broad SMARTS) is 1. The van der Waals surface area contributed by atoms with Crippen molar-refractivity contribution in [3.63, 3.8) is 0 Å². The molecule has 0 saturated carbocycles. The molecule has 0 radical (unpaired) electrons. The highest BCUT2D eigenvalue weighted by Gasteiger charge is 2.30. The number of nitrogens with one attached hydrogen (secondary N) is 1. The molecule has 0 aliphatic carbocycles. The molecule has 0 bridgehead atoms. The van der Waals surface area contributed by atoms with Gasteiger partial charge < -0.3 is 10.4 Å². The average Bonchev–Trinajstić information content (AvgIpc) is 2.59. The second-order valence-electron chi connectivity index (χ2n) is 6.15. The molecule has 0 unspecified atom stereocenters. The summed E-state index contributed by atoms with van der Waals surface area (Å²) in [5, 5.41) is 11.9. The number of hydrogen-bond donors (Lipinski definition) is 2. The number of benzene rings is 1. The molecule has 7 heteroatoms. The van der Waals surface area contributed by atoms with Crippen LogP contribution in [0.3, 0.4) is 0 Å². The number of amides is 1. The Morgan fingerprint density at radius 3 is 2.08 bits per heavy atom. The van der Waals surface area contributed by atoms with E-state index >= 15 is 0 Å². The summed E-state index contributed by atoms with van der Waals surface area (Å²) in [6.07, 6.45) is 1.68. The normalized spacial score (nSPS) is 12.0. The fourth-order valence-electron chi connectivity index (χ4n) is 2.66. The van der Waals surface area contributed by atoms with Crippen molar-refractivity contribution in [2.75, 3.05) is 5.75 Å². The Balaban J connectivity index is 2.68. The molecule has 2 N–H and O–H groups in total. The largest absolute Gasteiger partial charge is 0.481 e. The molecule has 1 rings (SSSR count). The fraction of sp³-hybridized carbons (Fsp3) is 0.556. The van der Waals surface area contributed by atoms with Gasteiger partial charge in [0.05, 0.1) is 17.1 Å². The van der Waals surface area contributed by atoms with Crippen molar-refractivity contribution in [3.8, 4) is 0 Å². The van der Waals surface area contributed by atoms with Gasteiger partial charge in [0.15, 0.2) is 9.84 Å². The van der Waals surface area contributed by atoms with Gasteiger partial charge in [0, 0.05) is 12.0 Å². The van der Waals surface area contributed by atoms with E-state index in [-0.39, 0.29) is 29.4 Å². The molecule has 0 aromatic heterocycles. The van der Waals surface area contributed by atoms with E-state index in [1.165, 1.54) is 0 Å². The van der Waals surface area contributed by atoms with E-state index < -0.39 is 21.3 Å². The average molecular weight is 369 g/mol. The minimum Gasteiger partial charge on any atom is -0.481 e. The summed E-state index contributed by atoms with van der Waals surface area (Å²) >= 11 is 0. The van der Waals surface area contributed by atoms with Gasteiger partial charge in [0.2, 0.25) is 5.91 Å². The lowest BCUT2D eigenvalue weighted by atomic mass is 9.88. The van der Waals surface area contributed by atoms with E-state index in [2.05, 4.69) is 5.32 Å². The molecule has 0 aliphatic rings. The molecule has 0 spiro atoms. The quantitative estimate of drug-likeness (QED) is 0.660. The Hall–Kier alpha value is -1.89. The Morgan fingerprint density at radius 2 is 1.64 bits per heavy atom. The van der Waals surface area contributed by atoms with E-state index in [1.807, 2.05) is 13.8 Å². The van der Waals surface area contributed by atoms with Gasteiger partial charge in [-0.2, -0.15) is 0 Å². The summed E-state index contributed by atoms with van der Waals surface area (Å²) in [4.78, 5) is 23.5. The topological polar surface area (TPSA) is 101 Å². The lowest BCUT2D eigenvalue weighted by Crippen LogP contribution is -2.49. The van der Waals surface area contributed by atoms with Crippen molar-refractivity contribution in [1.82, 2.24) is 5.32 Å². The second-order valence-corrected chi connectivity index (χ2v) is 8.43. The maximum absolute atomic E-state index is 12.2. The first-order valence-electron chi connectivity index (χ1n) is 8.52. The van der Waals surface area contributed by atoms with Crippen molar-refractivity contribution in [1.29, 1.82) is 0 Å². The molecule has 0 aliphatic heterocycles. The number of rotatable bonds is 10. The molecular weight excluding hydrogens is 342 g/mol. The SMILES string of the molecule is CCC(CC)(CC(=O)O)NC(=O)CCc1ccc(S(=O)(=O)CC)cc1. The number of hydrogen-bond acceptors (Lipinski definition) is 4. The zero-order valence-corrected chi connectivity index (χ0v) is 15.9. The number of aryl methyl sites for hydroxylation is 1. The van der Waals surface area contributed by atoms with Gasteiger partial charge in [-0.3, -0.25) is 9.59 Å². The lowest BCUT2D eigenvalue weighted by Gasteiger charge is -2.31. The van der Waals surface area contributed by atoms with E-state index in [9.17, 15) is 18.0 Å². The van der Waals surface area contributed by atoms with Crippen LogP contribution in [0.4, 0.5) is 0 Å². The van der Waals surface area contributed by atoms with Crippen LogP contribution < -0.4 is 5.32 Å².